The summed E-state index contributed by atoms with van der Waals surface area (Å²) in [7, 11) is 0. The fourth-order valence-corrected chi connectivity index (χ4v) is 2.22. The van der Waals surface area contributed by atoms with Gasteiger partial charge >= 0.3 is 0 Å². The maximum atomic E-state index is 12.2. The van der Waals surface area contributed by atoms with Crippen molar-refractivity contribution in [1.82, 2.24) is 15.6 Å². The van der Waals surface area contributed by atoms with Gasteiger partial charge in [-0.1, -0.05) is 17.7 Å². The van der Waals surface area contributed by atoms with E-state index in [1.165, 1.54) is 0 Å². The molecular formula is C13H15ClN4O. The number of rotatable bonds is 3. The zero-order chi connectivity index (χ0) is 13.7. The van der Waals surface area contributed by atoms with Gasteiger partial charge in [-0.15, -0.1) is 0 Å². The first-order valence-corrected chi connectivity index (χ1v) is 6.55. The molecule has 0 spiro atoms. The second kappa shape index (κ2) is 6.00. The van der Waals surface area contributed by atoms with Crippen molar-refractivity contribution in [2.75, 3.05) is 13.1 Å². The molecule has 0 radical (unpaired) electrons. The monoisotopic (exact) mass is 278 g/mol. The molecule has 2 N–H and O–H groups in total. The van der Waals surface area contributed by atoms with E-state index in [0.29, 0.717) is 37.6 Å². The summed E-state index contributed by atoms with van der Waals surface area (Å²) in [5.41, 5.74) is -0.0368. The molecule has 100 valence electrons. The van der Waals surface area contributed by atoms with Crippen LogP contribution in [0, 0.1) is 16.7 Å². The minimum Gasteiger partial charge on any atom is -0.351 e. The topological polar surface area (TPSA) is 77.8 Å². The molecule has 1 fully saturated rings. The molecule has 1 saturated heterocycles. The van der Waals surface area contributed by atoms with Crippen LogP contribution >= 0.6 is 11.6 Å². The average molecular weight is 279 g/mol. The van der Waals surface area contributed by atoms with E-state index >= 15 is 0 Å². The van der Waals surface area contributed by atoms with E-state index < -0.39 is 5.41 Å². The number of hydrogen-bond donors (Lipinski definition) is 2. The number of piperidine rings is 1. The predicted molar refractivity (Wildman–Crippen MR) is 71.2 cm³/mol. The van der Waals surface area contributed by atoms with Gasteiger partial charge in [-0.3, -0.25) is 4.79 Å². The van der Waals surface area contributed by atoms with Gasteiger partial charge in [0.15, 0.2) is 0 Å². The number of nitriles is 1. The van der Waals surface area contributed by atoms with E-state index in [1.807, 2.05) is 0 Å². The molecule has 5 nitrogen and oxygen atoms in total. The Morgan fingerprint density at radius 1 is 1.53 bits per heavy atom. The van der Waals surface area contributed by atoms with Crippen molar-refractivity contribution in [3.63, 3.8) is 0 Å². The van der Waals surface area contributed by atoms with Crippen molar-refractivity contribution in [2.24, 2.45) is 5.41 Å². The number of aromatic nitrogens is 1. The van der Waals surface area contributed by atoms with Crippen molar-refractivity contribution in [2.45, 2.75) is 19.4 Å². The van der Waals surface area contributed by atoms with Crippen LogP contribution < -0.4 is 10.6 Å². The first-order valence-electron chi connectivity index (χ1n) is 6.17. The van der Waals surface area contributed by atoms with Crippen LogP contribution in [-0.4, -0.2) is 24.0 Å². The van der Waals surface area contributed by atoms with Gasteiger partial charge < -0.3 is 10.6 Å². The Labute approximate surface area is 117 Å². The molecule has 1 aliphatic rings. The summed E-state index contributed by atoms with van der Waals surface area (Å²) >= 11 is 5.69. The number of pyridine rings is 1. The van der Waals surface area contributed by atoms with Gasteiger partial charge in [0, 0.05) is 12.7 Å². The Hall–Kier alpha value is -1.64. The van der Waals surface area contributed by atoms with Crippen LogP contribution in [0.25, 0.3) is 0 Å². The molecule has 0 unspecified atom stereocenters. The van der Waals surface area contributed by atoms with Gasteiger partial charge in [0.25, 0.3) is 0 Å². The van der Waals surface area contributed by atoms with E-state index in [9.17, 15) is 10.1 Å². The molecule has 2 rings (SSSR count). The molecule has 0 saturated carbocycles. The summed E-state index contributed by atoms with van der Waals surface area (Å²) in [6, 6.07) is 5.65. The highest BCUT2D eigenvalue weighted by atomic mass is 35.5. The molecule has 1 amide bonds. The summed E-state index contributed by atoms with van der Waals surface area (Å²) in [6.45, 7) is 1.76. The second-order valence-electron chi connectivity index (χ2n) is 4.62. The lowest BCUT2D eigenvalue weighted by atomic mass is 9.79. The summed E-state index contributed by atoms with van der Waals surface area (Å²) < 4.78 is 0. The van der Waals surface area contributed by atoms with Crippen LogP contribution in [0.1, 0.15) is 18.4 Å². The highest BCUT2D eigenvalue weighted by Gasteiger charge is 2.39. The van der Waals surface area contributed by atoms with Crippen molar-refractivity contribution >= 4 is 17.5 Å². The van der Waals surface area contributed by atoms with Gasteiger partial charge in [-0.25, -0.2) is 4.98 Å². The van der Waals surface area contributed by atoms with Crippen molar-refractivity contribution in [1.29, 1.82) is 5.26 Å². The number of carbonyl (C=O) groups excluding carboxylic acids is 1. The Morgan fingerprint density at radius 3 is 2.84 bits per heavy atom. The number of nitrogens with one attached hydrogen (secondary N) is 2. The van der Waals surface area contributed by atoms with E-state index in [4.69, 9.17) is 11.6 Å². The van der Waals surface area contributed by atoms with Crippen LogP contribution in [0.3, 0.4) is 0 Å². The number of hydrogen-bond acceptors (Lipinski definition) is 4. The van der Waals surface area contributed by atoms with Crippen molar-refractivity contribution < 1.29 is 4.79 Å². The minimum absolute atomic E-state index is 0.202. The standard InChI is InChI=1S/C13H15ClN4O/c14-11-2-1-10(7-17-11)8-18-12(19)13(9-15)3-5-16-6-4-13/h1-2,7,16H,3-6,8H2,(H,18,19). The number of halogens is 1. The average Bonchev–Trinajstić information content (AvgIpc) is 2.47. The lowest BCUT2D eigenvalue weighted by molar-refractivity contribution is -0.129. The quantitative estimate of drug-likeness (QED) is 0.816. The Balaban J connectivity index is 1.96. The summed E-state index contributed by atoms with van der Waals surface area (Å²) in [5.74, 6) is -0.202. The van der Waals surface area contributed by atoms with Crippen LogP contribution in [0.5, 0.6) is 0 Å². The van der Waals surface area contributed by atoms with Gasteiger partial charge in [-0.05, 0) is 37.6 Å². The predicted octanol–water partition coefficient (Wildman–Crippen LogP) is 1.24. The van der Waals surface area contributed by atoms with Gasteiger partial charge in [-0.2, -0.15) is 5.26 Å². The van der Waals surface area contributed by atoms with E-state index in [2.05, 4.69) is 21.7 Å². The van der Waals surface area contributed by atoms with E-state index in [0.717, 1.165) is 5.56 Å². The maximum absolute atomic E-state index is 12.2. The zero-order valence-electron chi connectivity index (χ0n) is 10.4. The maximum Gasteiger partial charge on any atom is 0.240 e. The first-order chi connectivity index (χ1) is 9.16. The molecule has 0 aliphatic carbocycles. The third-order valence-corrected chi connectivity index (χ3v) is 3.57. The number of amides is 1. The molecule has 1 aromatic rings. The largest absolute Gasteiger partial charge is 0.351 e. The third-order valence-electron chi connectivity index (χ3n) is 3.35. The van der Waals surface area contributed by atoms with Gasteiger partial charge in [0.05, 0.1) is 6.07 Å². The zero-order valence-corrected chi connectivity index (χ0v) is 11.2. The van der Waals surface area contributed by atoms with Crippen LogP contribution in [0.2, 0.25) is 5.15 Å². The van der Waals surface area contributed by atoms with Crippen molar-refractivity contribution in [3.8, 4) is 6.07 Å². The van der Waals surface area contributed by atoms with Crippen LogP contribution in [-0.2, 0) is 11.3 Å². The highest BCUT2D eigenvalue weighted by molar-refractivity contribution is 6.29. The Kier molecular flexibility index (Phi) is 4.35. The molecule has 1 aliphatic heterocycles. The van der Waals surface area contributed by atoms with Crippen LogP contribution in [0.4, 0.5) is 0 Å². The van der Waals surface area contributed by atoms with E-state index in [-0.39, 0.29) is 5.91 Å². The lowest BCUT2D eigenvalue weighted by Gasteiger charge is -2.29. The first kappa shape index (κ1) is 13.8. The fraction of sp³-hybridized carbons (Fsp3) is 0.462. The minimum atomic E-state index is -0.898. The van der Waals surface area contributed by atoms with Crippen molar-refractivity contribution in [3.05, 3.63) is 29.0 Å². The summed E-state index contributed by atoms with van der Waals surface area (Å²) in [5, 5.41) is 15.7. The molecule has 0 aromatic carbocycles. The SMILES string of the molecule is N#CC1(C(=O)NCc2ccc(Cl)nc2)CCNCC1. The Morgan fingerprint density at radius 2 is 2.26 bits per heavy atom. The molecule has 2 heterocycles. The number of nitrogens with zero attached hydrogens (tertiary/aromatic N) is 2. The molecule has 19 heavy (non-hydrogen) atoms. The van der Waals surface area contributed by atoms with Gasteiger partial charge in [0.1, 0.15) is 10.6 Å². The van der Waals surface area contributed by atoms with Crippen LogP contribution in [0.15, 0.2) is 18.3 Å². The second-order valence-corrected chi connectivity index (χ2v) is 5.00. The molecule has 6 heteroatoms. The normalized spacial score (nSPS) is 17.5. The molecule has 0 atom stereocenters. The summed E-state index contributed by atoms with van der Waals surface area (Å²) in [4.78, 5) is 16.1. The number of carbonyl (C=O) groups is 1. The third kappa shape index (κ3) is 3.22. The molecule has 0 bridgehead atoms. The smallest absolute Gasteiger partial charge is 0.240 e. The van der Waals surface area contributed by atoms with Gasteiger partial charge in [0.2, 0.25) is 5.91 Å². The Bertz CT molecular complexity index is 488. The van der Waals surface area contributed by atoms with E-state index in [1.54, 1.807) is 18.3 Å². The fourth-order valence-electron chi connectivity index (χ4n) is 2.11. The highest BCUT2D eigenvalue weighted by Crippen LogP contribution is 2.28. The summed E-state index contributed by atoms with van der Waals surface area (Å²) in [6.07, 6.45) is 2.71. The molecular weight excluding hydrogens is 264 g/mol. The lowest BCUT2D eigenvalue weighted by Crippen LogP contribution is -2.46. The molecule has 1 aromatic heterocycles.